The molecule has 0 radical (unpaired) electrons. The van der Waals surface area contributed by atoms with Gasteiger partial charge in [-0.3, -0.25) is 9.35 Å². The monoisotopic (exact) mass is 183 g/mol. The van der Waals surface area contributed by atoms with E-state index in [9.17, 15) is 4.79 Å². The summed E-state index contributed by atoms with van der Waals surface area (Å²) in [5.74, 6) is 0.398. The van der Waals surface area contributed by atoms with E-state index < -0.39 is 10.4 Å². The molecule has 0 unspecified atom stereocenters. The van der Waals surface area contributed by atoms with E-state index in [0.717, 1.165) is 19.5 Å². The highest BCUT2D eigenvalue weighted by atomic mass is 32.3. The summed E-state index contributed by atoms with van der Waals surface area (Å²) in [5, 5.41) is 2.03. The standard InChI is InChI=1S/C4H7NO.H2O4S/c6-4-1-2-5-3-4;1-5(2,3)4/h5H,1-3H2;(H2,1,2,3,4). The second kappa shape index (κ2) is 4.39. The van der Waals surface area contributed by atoms with Crippen molar-refractivity contribution in [3.05, 3.63) is 0 Å². The molecule has 1 rings (SSSR count). The molecule has 1 aliphatic rings. The van der Waals surface area contributed by atoms with Crippen molar-refractivity contribution in [2.75, 3.05) is 13.1 Å². The number of Topliss-reactive ketones (excluding diaryl/α,β-unsaturated/α-hetero) is 1. The van der Waals surface area contributed by atoms with Crippen molar-refractivity contribution in [2.45, 2.75) is 6.42 Å². The smallest absolute Gasteiger partial charge is 0.215 e. The van der Waals surface area contributed by atoms with Crippen LogP contribution in [0.1, 0.15) is 6.42 Å². The Balaban J connectivity index is 0.000000187. The largest absolute Gasteiger partial charge is 0.726 e. The van der Waals surface area contributed by atoms with Crippen molar-refractivity contribution in [3.8, 4) is 0 Å². The second-order valence-corrected chi connectivity index (χ2v) is 2.85. The lowest BCUT2D eigenvalue weighted by molar-refractivity contribution is -0.630. The molecule has 3 N–H and O–H groups in total. The number of hydrogen-bond acceptors (Lipinski definition) is 4. The summed E-state index contributed by atoms with van der Waals surface area (Å²) in [5.41, 5.74) is 0. The Hall–Kier alpha value is -0.500. The van der Waals surface area contributed by atoms with Gasteiger partial charge >= 0.3 is 0 Å². The molecule has 0 aromatic heterocycles. The topological polar surface area (TPSA) is 111 Å². The number of nitrogens with two attached hydrogens (primary N) is 1. The van der Waals surface area contributed by atoms with Gasteiger partial charge in [-0.1, -0.05) is 0 Å². The predicted octanol–water partition coefficient (Wildman–Crippen LogP) is -2.47. The summed E-state index contributed by atoms with van der Waals surface area (Å²) < 4.78 is 32.8. The lowest BCUT2D eigenvalue weighted by atomic mass is 10.4. The number of quaternary nitrogens is 1. The first kappa shape index (κ1) is 10.5. The van der Waals surface area contributed by atoms with E-state index in [0.29, 0.717) is 5.78 Å². The first-order valence-corrected chi connectivity index (χ1v) is 4.28. The van der Waals surface area contributed by atoms with Crippen molar-refractivity contribution >= 4 is 16.2 Å². The molecule has 11 heavy (non-hydrogen) atoms. The third kappa shape index (κ3) is 12.6. The van der Waals surface area contributed by atoms with E-state index in [1.807, 2.05) is 5.32 Å². The van der Waals surface area contributed by atoms with Crippen LogP contribution in [0.15, 0.2) is 0 Å². The average molecular weight is 183 g/mol. The maximum Gasteiger partial charge on any atom is 0.215 e. The van der Waals surface area contributed by atoms with Gasteiger partial charge in [0.1, 0.15) is 6.54 Å². The summed E-state index contributed by atoms with van der Waals surface area (Å²) in [6.07, 6.45) is 0.792. The van der Waals surface area contributed by atoms with Gasteiger partial charge in [0, 0.05) is 0 Å². The number of ketones is 1. The van der Waals surface area contributed by atoms with Gasteiger partial charge < -0.3 is 9.87 Å². The lowest BCUT2D eigenvalue weighted by Gasteiger charge is -1.88. The molecule has 1 saturated heterocycles. The van der Waals surface area contributed by atoms with Gasteiger partial charge in [-0.25, -0.2) is 8.42 Å². The normalized spacial score (nSPS) is 17.5. The van der Waals surface area contributed by atoms with Crippen LogP contribution in [0.4, 0.5) is 0 Å². The van der Waals surface area contributed by atoms with Crippen LogP contribution in [0.2, 0.25) is 0 Å². The molecule has 0 aromatic rings. The third-order valence-electron chi connectivity index (χ3n) is 0.999. The molecule has 0 aliphatic carbocycles. The SMILES string of the molecule is O=C1CC[NH2+]C1.O=S(=O)([O-])O. The van der Waals surface area contributed by atoms with Crippen LogP contribution in [0.3, 0.4) is 0 Å². The fourth-order valence-corrected chi connectivity index (χ4v) is 0.628. The van der Waals surface area contributed by atoms with E-state index >= 15 is 0 Å². The molecule has 0 spiro atoms. The predicted molar refractivity (Wildman–Crippen MR) is 33.6 cm³/mol. The Labute approximate surface area is 64.2 Å². The molecule has 1 aliphatic heterocycles. The highest BCUT2D eigenvalue weighted by Gasteiger charge is 2.10. The quantitative estimate of drug-likeness (QED) is 0.319. The van der Waals surface area contributed by atoms with Gasteiger partial charge in [-0.05, 0) is 0 Å². The van der Waals surface area contributed by atoms with Crippen LogP contribution in [0, 0.1) is 0 Å². The van der Waals surface area contributed by atoms with Crippen molar-refractivity contribution in [1.82, 2.24) is 0 Å². The van der Waals surface area contributed by atoms with Crippen LogP contribution >= 0.6 is 0 Å². The summed E-state index contributed by atoms with van der Waals surface area (Å²) in [4.78, 5) is 10.2. The highest BCUT2D eigenvalue weighted by molar-refractivity contribution is 7.79. The fourth-order valence-electron chi connectivity index (χ4n) is 0.628. The molecule has 7 heteroatoms. The minimum Gasteiger partial charge on any atom is -0.726 e. The zero-order valence-electron chi connectivity index (χ0n) is 5.69. The molecule has 0 saturated carbocycles. The summed E-state index contributed by atoms with van der Waals surface area (Å²) in [6, 6.07) is 0. The highest BCUT2D eigenvalue weighted by Crippen LogP contribution is 1.77. The Morgan fingerprint density at radius 1 is 1.55 bits per heavy atom. The van der Waals surface area contributed by atoms with E-state index in [1.165, 1.54) is 0 Å². The van der Waals surface area contributed by atoms with Crippen LogP contribution in [0.5, 0.6) is 0 Å². The molecule has 0 atom stereocenters. The van der Waals surface area contributed by atoms with E-state index in [1.54, 1.807) is 0 Å². The van der Waals surface area contributed by atoms with E-state index in [4.69, 9.17) is 17.5 Å². The van der Waals surface area contributed by atoms with Gasteiger partial charge in [0.15, 0.2) is 5.78 Å². The Morgan fingerprint density at radius 3 is 2.09 bits per heavy atom. The molecular weight excluding hydrogens is 174 g/mol. The Bertz CT molecular complexity index is 205. The van der Waals surface area contributed by atoms with Crippen LogP contribution in [0.25, 0.3) is 0 Å². The average Bonchev–Trinajstić information content (AvgIpc) is 2.12. The zero-order valence-corrected chi connectivity index (χ0v) is 6.50. The van der Waals surface area contributed by atoms with Gasteiger partial charge in [-0.15, -0.1) is 0 Å². The minimum atomic E-state index is -4.92. The maximum atomic E-state index is 10.2. The molecule has 0 bridgehead atoms. The van der Waals surface area contributed by atoms with Gasteiger partial charge in [0.05, 0.1) is 13.0 Å². The summed E-state index contributed by atoms with van der Waals surface area (Å²) >= 11 is 0. The molecule has 66 valence electrons. The zero-order chi connectivity index (χ0) is 8.91. The summed E-state index contributed by atoms with van der Waals surface area (Å²) in [6.45, 7) is 1.73. The Morgan fingerprint density at radius 2 is 2.00 bits per heavy atom. The van der Waals surface area contributed by atoms with Crippen LogP contribution < -0.4 is 5.32 Å². The number of carbonyl (C=O) groups excluding carboxylic acids is 1. The van der Waals surface area contributed by atoms with Crippen LogP contribution in [-0.4, -0.2) is 36.4 Å². The number of carbonyl (C=O) groups is 1. The first-order chi connectivity index (χ1) is 4.89. The van der Waals surface area contributed by atoms with Crippen molar-refractivity contribution in [2.24, 2.45) is 0 Å². The van der Waals surface area contributed by atoms with Crippen LogP contribution in [-0.2, 0) is 15.2 Å². The maximum absolute atomic E-state index is 10.2. The lowest BCUT2D eigenvalue weighted by Crippen LogP contribution is -2.81. The van der Waals surface area contributed by atoms with Gasteiger partial charge in [0.25, 0.3) is 0 Å². The first-order valence-electron chi connectivity index (χ1n) is 2.91. The molecule has 0 aromatic carbocycles. The second-order valence-electron chi connectivity index (χ2n) is 2.00. The van der Waals surface area contributed by atoms with Gasteiger partial charge in [-0.2, -0.15) is 0 Å². The molecule has 6 nitrogen and oxygen atoms in total. The third-order valence-corrected chi connectivity index (χ3v) is 0.999. The molecule has 0 amide bonds. The Kier molecular flexibility index (Phi) is 4.19. The fraction of sp³-hybridized carbons (Fsp3) is 0.750. The number of rotatable bonds is 0. The summed E-state index contributed by atoms with van der Waals surface area (Å²) in [7, 11) is -4.92. The van der Waals surface area contributed by atoms with Crippen molar-refractivity contribution in [1.29, 1.82) is 0 Å². The van der Waals surface area contributed by atoms with Gasteiger partial charge in [0.2, 0.25) is 10.4 Å². The van der Waals surface area contributed by atoms with E-state index in [-0.39, 0.29) is 0 Å². The molecule has 1 heterocycles. The molecular formula is C4H9NO5S. The minimum absolute atomic E-state index is 0.398. The van der Waals surface area contributed by atoms with E-state index in [2.05, 4.69) is 0 Å². The number of hydrogen-bond donors (Lipinski definition) is 2. The van der Waals surface area contributed by atoms with Crippen molar-refractivity contribution < 1.29 is 27.6 Å². The molecule has 1 fully saturated rings. The van der Waals surface area contributed by atoms with Crippen molar-refractivity contribution in [3.63, 3.8) is 0 Å².